The molecule has 0 aromatic carbocycles. The summed E-state index contributed by atoms with van der Waals surface area (Å²) in [7, 11) is 0. The predicted octanol–water partition coefficient (Wildman–Crippen LogP) is 5.30. The first-order valence-electron chi connectivity index (χ1n) is 13.0. The summed E-state index contributed by atoms with van der Waals surface area (Å²) in [5, 5.41) is 29.1. The molecule has 5 nitrogen and oxygen atoms in total. The first-order chi connectivity index (χ1) is 15.2. The second-order valence-corrected chi connectivity index (χ2v) is 9.14. The molecule has 184 valence electrons. The lowest BCUT2D eigenvalue weighted by Gasteiger charge is -2.20. The normalized spacial score (nSPS) is 22.5. The van der Waals surface area contributed by atoms with Crippen molar-refractivity contribution in [2.24, 2.45) is 0 Å². The summed E-state index contributed by atoms with van der Waals surface area (Å²) < 4.78 is 10.7. The summed E-state index contributed by atoms with van der Waals surface area (Å²) in [5.74, 6) is 0. The van der Waals surface area contributed by atoms with Gasteiger partial charge in [0.2, 0.25) is 0 Å². The second kappa shape index (κ2) is 20.2. The van der Waals surface area contributed by atoms with Crippen LogP contribution in [-0.4, -0.2) is 59.6 Å². The highest BCUT2D eigenvalue weighted by Gasteiger charge is 2.39. The van der Waals surface area contributed by atoms with Crippen LogP contribution in [0.25, 0.3) is 0 Å². The molecule has 0 aliphatic carbocycles. The molecule has 0 aromatic heterocycles. The number of rotatable bonds is 21. The number of aliphatic hydroxyl groups excluding tert-OH is 3. The molecule has 1 fully saturated rings. The Hall–Kier alpha value is -0.460. The molecule has 0 saturated carbocycles. The van der Waals surface area contributed by atoms with Gasteiger partial charge in [-0.2, -0.15) is 0 Å². The summed E-state index contributed by atoms with van der Waals surface area (Å²) in [6.07, 6.45) is 22.0. The predicted molar refractivity (Wildman–Crippen MR) is 127 cm³/mol. The molecule has 0 aromatic rings. The molecule has 3 N–H and O–H groups in total. The third-order valence-electron chi connectivity index (χ3n) is 6.16. The van der Waals surface area contributed by atoms with Crippen molar-refractivity contribution in [1.29, 1.82) is 0 Å². The van der Waals surface area contributed by atoms with Crippen molar-refractivity contribution >= 4 is 0 Å². The fourth-order valence-electron chi connectivity index (χ4n) is 4.07. The molecule has 1 heterocycles. The summed E-state index contributed by atoms with van der Waals surface area (Å²) in [4.78, 5) is 0. The quantitative estimate of drug-likeness (QED) is 0.166. The Kier molecular flexibility index (Phi) is 18.6. The van der Waals surface area contributed by atoms with Gasteiger partial charge in [0.25, 0.3) is 0 Å². The van der Waals surface area contributed by atoms with Crippen molar-refractivity contribution in [2.75, 3.05) is 19.8 Å². The maximum absolute atomic E-state index is 9.96. The van der Waals surface area contributed by atoms with Crippen LogP contribution in [0.5, 0.6) is 0 Å². The largest absolute Gasteiger partial charge is 0.388 e. The zero-order valence-corrected chi connectivity index (χ0v) is 20.1. The minimum absolute atomic E-state index is 0.0692. The highest BCUT2D eigenvalue weighted by molar-refractivity contribution is 4.87. The van der Waals surface area contributed by atoms with Gasteiger partial charge >= 0.3 is 0 Å². The van der Waals surface area contributed by atoms with Crippen LogP contribution in [0.4, 0.5) is 0 Å². The lowest BCUT2D eigenvalue weighted by atomic mass is 10.0. The molecular weight excluding hydrogens is 392 g/mol. The Morgan fingerprint density at radius 3 is 1.84 bits per heavy atom. The van der Waals surface area contributed by atoms with E-state index in [0.717, 1.165) is 12.8 Å². The molecule has 31 heavy (non-hydrogen) atoms. The summed E-state index contributed by atoms with van der Waals surface area (Å²) in [6.45, 7) is 3.09. The van der Waals surface area contributed by atoms with Crippen molar-refractivity contribution in [3.8, 4) is 0 Å². The van der Waals surface area contributed by atoms with Crippen LogP contribution in [0, 0.1) is 0 Å². The third-order valence-corrected chi connectivity index (χ3v) is 6.16. The first-order valence-corrected chi connectivity index (χ1v) is 13.0. The smallest absolute Gasteiger partial charge is 0.114 e. The van der Waals surface area contributed by atoms with E-state index in [0.29, 0.717) is 6.61 Å². The second-order valence-electron chi connectivity index (χ2n) is 9.14. The topological polar surface area (TPSA) is 79.2 Å². The van der Waals surface area contributed by atoms with Crippen molar-refractivity contribution in [3.63, 3.8) is 0 Å². The van der Waals surface area contributed by atoms with Gasteiger partial charge in [-0.15, -0.1) is 0 Å². The van der Waals surface area contributed by atoms with E-state index in [1.54, 1.807) is 0 Å². The van der Waals surface area contributed by atoms with Crippen molar-refractivity contribution in [1.82, 2.24) is 0 Å². The number of hydrogen-bond acceptors (Lipinski definition) is 5. The summed E-state index contributed by atoms with van der Waals surface area (Å²) >= 11 is 0. The Balaban J connectivity index is 1.74. The van der Waals surface area contributed by atoms with Crippen LogP contribution < -0.4 is 0 Å². The molecule has 1 aliphatic rings. The monoisotopic (exact) mass is 442 g/mol. The minimum atomic E-state index is -1.03. The van der Waals surface area contributed by atoms with Crippen molar-refractivity contribution in [2.45, 2.75) is 134 Å². The number of hydrogen-bond donors (Lipinski definition) is 3. The van der Waals surface area contributed by atoms with E-state index in [1.807, 2.05) is 0 Å². The van der Waals surface area contributed by atoms with Gasteiger partial charge < -0.3 is 24.8 Å². The molecule has 1 aliphatic heterocycles. The maximum atomic E-state index is 9.96. The van der Waals surface area contributed by atoms with E-state index < -0.39 is 24.4 Å². The van der Waals surface area contributed by atoms with Gasteiger partial charge in [0.05, 0.1) is 13.2 Å². The fraction of sp³-hybridized carbons (Fsp3) is 0.923. The third kappa shape index (κ3) is 15.1. The standard InChI is InChI=1S/C26H50O5/c1-2-3-4-5-6-7-8-9-10-11-12-13-14-15-16-17-18-19-20-30-21-24(28)26-25(29)23(27)22-31-26/h6-7,23-29H,2-5,8-22H2,1H3/b7-6+/t23-,24+,25+,26+/m0/s1. The zero-order valence-electron chi connectivity index (χ0n) is 20.1. The van der Waals surface area contributed by atoms with Crippen LogP contribution in [0.1, 0.15) is 110 Å². The van der Waals surface area contributed by atoms with Gasteiger partial charge in [0.15, 0.2) is 0 Å². The molecule has 5 heteroatoms. The van der Waals surface area contributed by atoms with E-state index in [9.17, 15) is 15.3 Å². The van der Waals surface area contributed by atoms with E-state index in [4.69, 9.17) is 9.47 Å². The average Bonchev–Trinajstić information content (AvgIpc) is 3.10. The van der Waals surface area contributed by atoms with Crippen molar-refractivity contribution in [3.05, 3.63) is 12.2 Å². The van der Waals surface area contributed by atoms with Gasteiger partial charge in [-0.1, -0.05) is 89.7 Å². The van der Waals surface area contributed by atoms with Gasteiger partial charge in [-0.3, -0.25) is 0 Å². The van der Waals surface area contributed by atoms with Crippen LogP contribution >= 0.6 is 0 Å². The van der Waals surface area contributed by atoms with Gasteiger partial charge in [-0.25, -0.2) is 0 Å². The van der Waals surface area contributed by atoms with Crippen LogP contribution in [0.15, 0.2) is 12.2 Å². The lowest BCUT2D eigenvalue weighted by molar-refractivity contribution is -0.0813. The molecule has 0 spiro atoms. The maximum Gasteiger partial charge on any atom is 0.114 e. The molecule has 0 bridgehead atoms. The molecule has 0 unspecified atom stereocenters. The number of unbranched alkanes of at least 4 members (excludes halogenated alkanes) is 14. The Labute approximate surface area is 191 Å². The Bertz CT molecular complexity index is 415. The highest BCUT2D eigenvalue weighted by atomic mass is 16.5. The molecule has 0 amide bonds. The van der Waals surface area contributed by atoms with Gasteiger partial charge in [0, 0.05) is 6.61 Å². The zero-order chi connectivity index (χ0) is 22.6. The average molecular weight is 443 g/mol. The minimum Gasteiger partial charge on any atom is -0.388 e. The summed E-state index contributed by atoms with van der Waals surface area (Å²) in [6, 6.07) is 0. The Morgan fingerprint density at radius 2 is 1.32 bits per heavy atom. The SMILES string of the molecule is CCCCC/C=C/CCCCCCCCCCCCCOC[C@@H](O)[C@H]1OC[C@H](O)[C@H]1O. The van der Waals surface area contributed by atoms with Gasteiger partial charge in [0.1, 0.15) is 24.4 Å². The van der Waals surface area contributed by atoms with Crippen LogP contribution in [0.2, 0.25) is 0 Å². The summed E-state index contributed by atoms with van der Waals surface area (Å²) in [5.41, 5.74) is 0. The highest BCUT2D eigenvalue weighted by Crippen LogP contribution is 2.18. The van der Waals surface area contributed by atoms with Gasteiger partial charge in [-0.05, 0) is 32.1 Å². The lowest BCUT2D eigenvalue weighted by Crippen LogP contribution is -2.40. The van der Waals surface area contributed by atoms with Crippen LogP contribution in [-0.2, 0) is 9.47 Å². The molecule has 1 saturated heterocycles. The first kappa shape index (κ1) is 28.6. The van der Waals surface area contributed by atoms with E-state index in [-0.39, 0.29) is 13.2 Å². The number of allylic oxidation sites excluding steroid dienone is 2. The fourth-order valence-corrected chi connectivity index (χ4v) is 4.07. The number of ether oxygens (including phenoxy) is 2. The molecule has 1 rings (SSSR count). The van der Waals surface area contributed by atoms with Crippen molar-refractivity contribution < 1.29 is 24.8 Å². The van der Waals surface area contributed by atoms with Crippen LogP contribution in [0.3, 0.4) is 0 Å². The van der Waals surface area contributed by atoms with E-state index in [2.05, 4.69) is 19.1 Å². The van der Waals surface area contributed by atoms with E-state index >= 15 is 0 Å². The number of aliphatic hydroxyl groups is 3. The molecule has 0 radical (unpaired) electrons. The Morgan fingerprint density at radius 1 is 0.806 bits per heavy atom. The molecule has 4 atom stereocenters. The van der Waals surface area contributed by atoms with E-state index in [1.165, 1.54) is 89.9 Å². The molecular formula is C26H50O5.